The van der Waals surface area contributed by atoms with Gasteiger partial charge in [0.05, 0.1) is 19.4 Å². The average molecular weight is 386 g/mol. The third kappa shape index (κ3) is 3.41. The largest absolute Gasteiger partial charge is 0.493 e. The van der Waals surface area contributed by atoms with E-state index in [1.54, 1.807) is 7.11 Å². The zero-order valence-corrected chi connectivity index (χ0v) is 15.6. The molecule has 0 saturated carbocycles. The van der Waals surface area contributed by atoms with Crippen molar-refractivity contribution in [3.63, 3.8) is 0 Å². The van der Waals surface area contributed by atoms with E-state index in [4.69, 9.17) is 26.2 Å². The molecule has 0 bridgehead atoms. The van der Waals surface area contributed by atoms with Crippen LogP contribution in [0, 0.1) is 0 Å². The number of halogens is 1. The Hall–Kier alpha value is -2.83. The van der Waals surface area contributed by atoms with Gasteiger partial charge in [-0.1, -0.05) is 17.7 Å². The van der Waals surface area contributed by atoms with E-state index in [1.807, 2.05) is 36.4 Å². The second-order valence-corrected chi connectivity index (χ2v) is 6.65. The van der Waals surface area contributed by atoms with Crippen molar-refractivity contribution in [1.82, 2.24) is 10.2 Å². The van der Waals surface area contributed by atoms with Crippen molar-refractivity contribution < 1.29 is 14.6 Å². The van der Waals surface area contributed by atoms with Gasteiger partial charge >= 0.3 is 0 Å². The van der Waals surface area contributed by atoms with Crippen LogP contribution in [0.4, 0.5) is 11.5 Å². The summed E-state index contributed by atoms with van der Waals surface area (Å²) in [7, 11) is 1.62. The molecular formula is C20H20ClN3O3. The van der Waals surface area contributed by atoms with E-state index in [-0.39, 0.29) is 6.61 Å². The van der Waals surface area contributed by atoms with E-state index in [0.29, 0.717) is 29.5 Å². The number of hydrogen-bond acceptors (Lipinski definition) is 4. The molecule has 0 unspecified atom stereocenters. The number of benzene rings is 2. The number of H-pyrrole nitrogens is 2. The normalized spacial score (nSPS) is 11.2. The van der Waals surface area contributed by atoms with Crippen molar-refractivity contribution in [2.75, 3.05) is 25.6 Å². The van der Waals surface area contributed by atoms with Crippen molar-refractivity contribution in [3.8, 4) is 22.8 Å². The van der Waals surface area contributed by atoms with Crippen LogP contribution in [0.25, 0.3) is 22.0 Å². The van der Waals surface area contributed by atoms with E-state index in [9.17, 15) is 0 Å². The van der Waals surface area contributed by atoms with Gasteiger partial charge in [-0.25, -0.2) is 0 Å². The van der Waals surface area contributed by atoms with Crippen LogP contribution < -0.4 is 14.8 Å². The zero-order valence-electron chi connectivity index (χ0n) is 14.8. The Morgan fingerprint density at radius 2 is 2.00 bits per heavy atom. The van der Waals surface area contributed by atoms with Crippen molar-refractivity contribution in [3.05, 3.63) is 47.5 Å². The molecule has 0 fully saturated rings. The topological polar surface area (TPSA) is 82.3 Å². The van der Waals surface area contributed by atoms with Gasteiger partial charge in [0.1, 0.15) is 5.82 Å². The Bertz CT molecular complexity index is 1040. The van der Waals surface area contributed by atoms with Crippen LogP contribution in [-0.4, -0.2) is 35.6 Å². The summed E-state index contributed by atoms with van der Waals surface area (Å²) in [6, 6.07) is 13.6. The molecule has 0 atom stereocenters. The lowest BCUT2D eigenvalue weighted by Crippen LogP contribution is -2.01. The summed E-state index contributed by atoms with van der Waals surface area (Å²) >= 11 is 6.07. The van der Waals surface area contributed by atoms with Crippen molar-refractivity contribution in [1.29, 1.82) is 0 Å². The summed E-state index contributed by atoms with van der Waals surface area (Å²) in [6.45, 7) is 0.532. The van der Waals surface area contributed by atoms with Gasteiger partial charge in [-0.05, 0) is 41.8 Å². The van der Waals surface area contributed by atoms with E-state index in [2.05, 4.69) is 21.6 Å². The first-order valence-corrected chi connectivity index (χ1v) is 9.04. The molecule has 0 amide bonds. The molecule has 2 aliphatic rings. The number of rotatable bonds is 7. The van der Waals surface area contributed by atoms with Crippen molar-refractivity contribution >= 4 is 33.9 Å². The van der Waals surface area contributed by atoms with Gasteiger partial charge in [0.25, 0.3) is 0 Å². The van der Waals surface area contributed by atoms with Crippen LogP contribution in [0.15, 0.2) is 42.5 Å². The number of fused-ring (bicyclic) bond motifs is 3. The maximum Gasteiger partial charge on any atom is 0.161 e. The number of aromatic nitrogens is 2. The van der Waals surface area contributed by atoms with Gasteiger partial charge in [-0.15, -0.1) is 0 Å². The first-order chi connectivity index (χ1) is 13.2. The smallest absolute Gasteiger partial charge is 0.161 e. The highest BCUT2D eigenvalue weighted by molar-refractivity contribution is 6.30. The van der Waals surface area contributed by atoms with Crippen LogP contribution in [-0.2, 0) is 0 Å². The third-order valence-corrected chi connectivity index (χ3v) is 4.65. The van der Waals surface area contributed by atoms with Gasteiger partial charge in [0, 0.05) is 34.7 Å². The fraction of sp³-hybridized carbons (Fsp3) is 0.200. The number of aliphatic hydroxyl groups is 1. The zero-order chi connectivity index (χ0) is 18.8. The van der Waals surface area contributed by atoms with Gasteiger partial charge in [0.2, 0.25) is 0 Å². The number of ether oxygens (including phenoxy) is 2. The molecule has 1 heterocycles. The molecule has 2 aromatic carbocycles. The van der Waals surface area contributed by atoms with Crippen LogP contribution >= 0.6 is 11.6 Å². The minimum absolute atomic E-state index is 0.0955. The molecule has 0 spiro atoms. The number of hydrogen-bond donors (Lipinski definition) is 4. The van der Waals surface area contributed by atoms with Gasteiger partial charge in [-0.3, -0.25) is 10.2 Å². The van der Waals surface area contributed by atoms with Gasteiger partial charge in [-0.2, -0.15) is 0 Å². The molecule has 27 heavy (non-hydrogen) atoms. The molecule has 6 nitrogen and oxygen atoms in total. The van der Waals surface area contributed by atoms with Crippen LogP contribution in [0.3, 0.4) is 0 Å². The first kappa shape index (κ1) is 17.6. The van der Waals surface area contributed by atoms with Crippen molar-refractivity contribution in [2.24, 2.45) is 0 Å². The fourth-order valence-corrected chi connectivity index (χ4v) is 3.33. The number of methoxy groups -OCH3 is 1. The summed E-state index contributed by atoms with van der Waals surface area (Å²) in [5, 5.41) is 21.4. The highest BCUT2D eigenvalue weighted by atomic mass is 35.5. The van der Waals surface area contributed by atoms with E-state index in [1.165, 1.54) is 0 Å². The minimum atomic E-state index is 0.0955. The Morgan fingerprint density at radius 3 is 2.78 bits per heavy atom. The molecule has 4 rings (SSSR count). The van der Waals surface area contributed by atoms with Crippen molar-refractivity contribution in [2.45, 2.75) is 6.42 Å². The summed E-state index contributed by atoms with van der Waals surface area (Å²) < 4.78 is 11.2. The maximum absolute atomic E-state index is 8.94. The highest BCUT2D eigenvalue weighted by Gasteiger charge is 2.19. The Morgan fingerprint density at radius 1 is 1.11 bits per heavy atom. The lowest BCUT2D eigenvalue weighted by molar-refractivity contribution is 0.228. The standard InChI is InChI=1S/C20H20ClN3O3/c1-26-17-11-15-12(9-18(17)27-7-3-6-25)8-16-19(15)23-24-20(16)22-14-5-2-4-13(21)10-14/h2,4-5,8-11,22-25H,3,6-7H2,1H3. The van der Waals surface area contributed by atoms with Gasteiger partial charge in [0.15, 0.2) is 11.5 Å². The van der Waals surface area contributed by atoms with Crippen LogP contribution in [0.5, 0.6) is 11.5 Å². The molecule has 7 heteroatoms. The monoisotopic (exact) mass is 385 g/mol. The number of aromatic amines is 2. The summed E-state index contributed by atoms with van der Waals surface area (Å²) in [4.78, 5) is 0. The first-order valence-electron chi connectivity index (χ1n) is 8.66. The van der Waals surface area contributed by atoms with E-state index < -0.39 is 0 Å². The average Bonchev–Trinajstić information content (AvgIpc) is 3.21. The van der Waals surface area contributed by atoms with Crippen LogP contribution in [0.1, 0.15) is 6.42 Å². The number of nitrogens with one attached hydrogen (secondary N) is 3. The number of anilines is 2. The quantitative estimate of drug-likeness (QED) is 0.345. The molecule has 1 aliphatic heterocycles. The molecule has 1 aliphatic carbocycles. The minimum Gasteiger partial charge on any atom is -0.493 e. The number of aliphatic hydroxyl groups excluding tert-OH is 1. The summed E-state index contributed by atoms with van der Waals surface area (Å²) in [6.07, 6.45) is 0.575. The van der Waals surface area contributed by atoms with E-state index >= 15 is 0 Å². The SMILES string of the molecule is COc1cc2c3[nH][nH]c(Nc4cccc(Cl)c4)c-3cc2cc1OCCCO. The predicted octanol–water partition coefficient (Wildman–Crippen LogP) is 4.77. The second-order valence-electron chi connectivity index (χ2n) is 6.21. The Balaban J connectivity index is 1.70. The van der Waals surface area contributed by atoms with Gasteiger partial charge < -0.3 is 19.9 Å². The third-order valence-electron chi connectivity index (χ3n) is 4.41. The molecule has 4 N–H and O–H groups in total. The molecular weight excluding hydrogens is 366 g/mol. The lowest BCUT2D eigenvalue weighted by Gasteiger charge is -2.10. The Labute approximate surface area is 161 Å². The second kappa shape index (κ2) is 7.42. The molecule has 0 radical (unpaired) electrons. The molecule has 2 aromatic rings. The summed E-state index contributed by atoms with van der Waals surface area (Å²) in [5.41, 5.74) is 2.91. The maximum atomic E-state index is 8.94. The molecule has 0 saturated heterocycles. The Kier molecular flexibility index (Phi) is 4.83. The lowest BCUT2D eigenvalue weighted by atomic mass is 10.2. The predicted molar refractivity (Wildman–Crippen MR) is 108 cm³/mol. The van der Waals surface area contributed by atoms with Crippen LogP contribution in [0.2, 0.25) is 5.02 Å². The van der Waals surface area contributed by atoms with E-state index in [0.717, 1.165) is 33.5 Å². The fourth-order valence-electron chi connectivity index (χ4n) is 3.14. The molecule has 140 valence electrons. The highest BCUT2D eigenvalue weighted by Crippen LogP contribution is 2.43. The molecule has 0 aromatic heterocycles. The summed E-state index contributed by atoms with van der Waals surface area (Å²) in [5.74, 6) is 2.18.